The van der Waals surface area contributed by atoms with Crippen LogP contribution in [0, 0.1) is 11.8 Å². The molecule has 1 aliphatic carbocycles. The van der Waals surface area contributed by atoms with Crippen LogP contribution in [0.25, 0.3) is 0 Å². The van der Waals surface area contributed by atoms with Crippen LogP contribution >= 0.6 is 11.6 Å². The zero-order valence-electron chi connectivity index (χ0n) is 10.0. The van der Waals surface area contributed by atoms with Crippen LogP contribution in [0.4, 0.5) is 5.69 Å². The third-order valence-corrected chi connectivity index (χ3v) is 4.01. The molecule has 17 heavy (non-hydrogen) atoms. The van der Waals surface area contributed by atoms with E-state index in [9.17, 15) is 4.79 Å². The van der Waals surface area contributed by atoms with Crippen LogP contribution in [0.15, 0.2) is 11.0 Å². The Kier molecular flexibility index (Phi) is 4.05. The number of anilines is 1. The Morgan fingerprint density at radius 3 is 3.06 bits per heavy atom. The molecule has 0 bridgehead atoms. The quantitative estimate of drug-likeness (QED) is 0.873. The predicted octanol–water partition coefficient (Wildman–Crippen LogP) is 2.66. The summed E-state index contributed by atoms with van der Waals surface area (Å²) in [6.45, 7) is 3.16. The van der Waals surface area contributed by atoms with Gasteiger partial charge >= 0.3 is 0 Å². The van der Waals surface area contributed by atoms with Gasteiger partial charge in [0.2, 0.25) is 0 Å². The summed E-state index contributed by atoms with van der Waals surface area (Å²) in [7, 11) is 0. The molecule has 2 atom stereocenters. The summed E-state index contributed by atoms with van der Waals surface area (Å²) in [6.07, 6.45) is 6.76. The molecule has 1 heterocycles. The van der Waals surface area contributed by atoms with Crippen molar-refractivity contribution in [3.05, 3.63) is 21.6 Å². The first kappa shape index (κ1) is 12.4. The Hall–Kier alpha value is -1.03. The summed E-state index contributed by atoms with van der Waals surface area (Å²) >= 11 is 5.90. The molecule has 0 amide bonds. The maximum Gasteiger partial charge on any atom is 0.285 e. The van der Waals surface area contributed by atoms with E-state index in [0.717, 1.165) is 12.5 Å². The van der Waals surface area contributed by atoms with Crippen LogP contribution in [0.1, 0.15) is 32.6 Å². The van der Waals surface area contributed by atoms with E-state index in [1.165, 1.54) is 25.7 Å². The van der Waals surface area contributed by atoms with Crippen molar-refractivity contribution in [2.45, 2.75) is 32.6 Å². The van der Waals surface area contributed by atoms with Crippen molar-refractivity contribution in [1.82, 2.24) is 10.2 Å². The molecule has 2 unspecified atom stereocenters. The second-order valence-electron chi connectivity index (χ2n) is 4.83. The molecule has 5 heteroatoms. The number of H-pyrrole nitrogens is 1. The highest BCUT2D eigenvalue weighted by molar-refractivity contribution is 6.32. The molecule has 0 saturated heterocycles. The number of hydrogen-bond acceptors (Lipinski definition) is 3. The number of nitrogens with one attached hydrogen (secondary N) is 2. The lowest BCUT2D eigenvalue weighted by Gasteiger charge is -2.29. The van der Waals surface area contributed by atoms with E-state index in [1.54, 1.807) is 6.20 Å². The Balaban J connectivity index is 1.97. The Labute approximate surface area is 106 Å². The lowest BCUT2D eigenvalue weighted by atomic mass is 9.80. The first-order chi connectivity index (χ1) is 8.18. The molecule has 0 radical (unpaired) electrons. The van der Waals surface area contributed by atoms with Gasteiger partial charge in [0.05, 0.1) is 11.9 Å². The number of halogens is 1. The van der Waals surface area contributed by atoms with E-state index in [2.05, 4.69) is 22.4 Å². The number of aromatic nitrogens is 2. The number of nitrogens with zero attached hydrogens (tertiary/aromatic N) is 1. The van der Waals surface area contributed by atoms with E-state index >= 15 is 0 Å². The maximum atomic E-state index is 11.3. The Morgan fingerprint density at radius 1 is 1.53 bits per heavy atom. The minimum absolute atomic E-state index is 0.198. The standard InChI is InChI=1S/C12H18ClN3O/c1-8-4-2-3-5-9(8)6-14-10-7-15-16-12(17)11(10)13/h7-9H,2-6H2,1H3,(H2,14,16,17). The first-order valence-electron chi connectivity index (χ1n) is 6.15. The van der Waals surface area contributed by atoms with Crippen molar-refractivity contribution in [2.75, 3.05) is 11.9 Å². The third kappa shape index (κ3) is 3.00. The van der Waals surface area contributed by atoms with E-state index in [1.807, 2.05) is 0 Å². The van der Waals surface area contributed by atoms with Gasteiger partial charge in [0.1, 0.15) is 5.02 Å². The molecule has 2 rings (SSSR count). The van der Waals surface area contributed by atoms with Crippen LogP contribution in [-0.2, 0) is 0 Å². The van der Waals surface area contributed by atoms with Crippen LogP contribution < -0.4 is 10.9 Å². The summed E-state index contributed by atoms with van der Waals surface area (Å²) in [5.74, 6) is 1.41. The molecule has 1 fully saturated rings. The summed E-state index contributed by atoms with van der Waals surface area (Å²) in [4.78, 5) is 11.3. The molecule has 4 nitrogen and oxygen atoms in total. The molecule has 0 aromatic carbocycles. The minimum Gasteiger partial charge on any atom is -0.382 e. The van der Waals surface area contributed by atoms with Gasteiger partial charge < -0.3 is 5.32 Å². The molecule has 1 aromatic heterocycles. The lowest BCUT2D eigenvalue weighted by Crippen LogP contribution is -2.25. The molecular formula is C12H18ClN3O. The average molecular weight is 256 g/mol. The molecule has 1 aliphatic rings. The molecule has 1 saturated carbocycles. The van der Waals surface area contributed by atoms with Crippen LogP contribution in [0.3, 0.4) is 0 Å². The normalized spacial score (nSPS) is 24.6. The predicted molar refractivity (Wildman–Crippen MR) is 69.5 cm³/mol. The number of aromatic amines is 1. The van der Waals surface area contributed by atoms with Gasteiger partial charge in [-0.1, -0.05) is 37.8 Å². The maximum absolute atomic E-state index is 11.3. The molecule has 0 spiro atoms. The van der Waals surface area contributed by atoms with E-state index < -0.39 is 0 Å². The second kappa shape index (κ2) is 5.54. The van der Waals surface area contributed by atoms with E-state index in [0.29, 0.717) is 11.6 Å². The van der Waals surface area contributed by atoms with Crippen molar-refractivity contribution < 1.29 is 0 Å². The fraction of sp³-hybridized carbons (Fsp3) is 0.667. The van der Waals surface area contributed by atoms with E-state index in [4.69, 9.17) is 11.6 Å². The van der Waals surface area contributed by atoms with Crippen molar-refractivity contribution in [1.29, 1.82) is 0 Å². The van der Waals surface area contributed by atoms with Gasteiger partial charge in [-0.2, -0.15) is 5.10 Å². The Morgan fingerprint density at radius 2 is 2.29 bits per heavy atom. The lowest BCUT2D eigenvalue weighted by molar-refractivity contribution is 0.268. The molecule has 1 aromatic rings. The average Bonchev–Trinajstić information content (AvgIpc) is 2.33. The zero-order chi connectivity index (χ0) is 12.3. The van der Waals surface area contributed by atoms with Gasteiger partial charge in [-0.05, 0) is 18.3 Å². The van der Waals surface area contributed by atoms with Gasteiger partial charge in [-0.3, -0.25) is 4.79 Å². The molecular weight excluding hydrogens is 238 g/mol. The topological polar surface area (TPSA) is 57.8 Å². The highest BCUT2D eigenvalue weighted by Gasteiger charge is 2.21. The van der Waals surface area contributed by atoms with Crippen molar-refractivity contribution >= 4 is 17.3 Å². The van der Waals surface area contributed by atoms with Gasteiger partial charge in [0.15, 0.2) is 0 Å². The fourth-order valence-corrected chi connectivity index (χ4v) is 2.60. The monoisotopic (exact) mass is 255 g/mol. The number of hydrogen-bond donors (Lipinski definition) is 2. The molecule has 94 valence electrons. The fourth-order valence-electron chi connectivity index (χ4n) is 2.44. The highest BCUT2D eigenvalue weighted by Crippen LogP contribution is 2.30. The summed E-state index contributed by atoms with van der Waals surface area (Å²) in [5, 5.41) is 9.49. The highest BCUT2D eigenvalue weighted by atomic mass is 35.5. The molecule has 0 aliphatic heterocycles. The smallest absolute Gasteiger partial charge is 0.285 e. The third-order valence-electron chi connectivity index (χ3n) is 3.64. The molecule has 2 N–H and O–H groups in total. The summed E-state index contributed by atoms with van der Waals surface area (Å²) < 4.78 is 0. The summed E-state index contributed by atoms with van der Waals surface area (Å²) in [5.41, 5.74) is 0.293. The van der Waals surface area contributed by atoms with Crippen molar-refractivity contribution in [3.63, 3.8) is 0 Å². The van der Waals surface area contributed by atoms with Crippen molar-refractivity contribution in [3.8, 4) is 0 Å². The zero-order valence-corrected chi connectivity index (χ0v) is 10.8. The first-order valence-corrected chi connectivity index (χ1v) is 6.53. The summed E-state index contributed by atoms with van der Waals surface area (Å²) in [6, 6.07) is 0. The SMILES string of the molecule is CC1CCCCC1CNc1cn[nH]c(=O)c1Cl. The van der Waals surface area contributed by atoms with Crippen LogP contribution in [-0.4, -0.2) is 16.7 Å². The van der Waals surface area contributed by atoms with Crippen molar-refractivity contribution in [2.24, 2.45) is 11.8 Å². The van der Waals surface area contributed by atoms with Gasteiger partial charge in [-0.15, -0.1) is 0 Å². The van der Waals surface area contributed by atoms with Crippen LogP contribution in [0.2, 0.25) is 5.02 Å². The second-order valence-corrected chi connectivity index (χ2v) is 5.21. The number of rotatable bonds is 3. The Bertz CT molecular complexity index is 432. The van der Waals surface area contributed by atoms with E-state index in [-0.39, 0.29) is 10.6 Å². The largest absolute Gasteiger partial charge is 0.382 e. The van der Waals surface area contributed by atoms with Gasteiger partial charge in [0, 0.05) is 6.54 Å². The van der Waals surface area contributed by atoms with Crippen LogP contribution in [0.5, 0.6) is 0 Å². The minimum atomic E-state index is -0.339. The van der Waals surface area contributed by atoms with Gasteiger partial charge in [-0.25, -0.2) is 5.10 Å². The van der Waals surface area contributed by atoms with Gasteiger partial charge in [0.25, 0.3) is 5.56 Å².